The maximum atomic E-state index is 13.5. The molecule has 0 aromatic rings. The zero-order valence-electron chi connectivity index (χ0n) is 19.6. The lowest BCUT2D eigenvalue weighted by atomic mass is 9.58. The van der Waals surface area contributed by atoms with Gasteiger partial charge in [0.2, 0.25) is 0 Å². The summed E-state index contributed by atoms with van der Waals surface area (Å²) < 4.78 is 25.7. The van der Waals surface area contributed by atoms with Crippen molar-refractivity contribution in [3.8, 4) is 0 Å². The molecular formula is C24H40O5Si. The van der Waals surface area contributed by atoms with Crippen molar-refractivity contribution < 1.29 is 23.4 Å². The van der Waals surface area contributed by atoms with Crippen LogP contribution in [-0.4, -0.2) is 57.3 Å². The van der Waals surface area contributed by atoms with Gasteiger partial charge >= 0.3 is 0 Å². The van der Waals surface area contributed by atoms with Crippen molar-refractivity contribution >= 4 is 14.1 Å². The van der Waals surface area contributed by atoms with E-state index in [9.17, 15) is 4.79 Å². The summed E-state index contributed by atoms with van der Waals surface area (Å²) >= 11 is 0. The third kappa shape index (κ3) is 3.21. The van der Waals surface area contributed by atoms with Crippen LogP contribution in [0.15, 0.2) is 11.6 Å². The average Bonchev–Trinajstić information content (AvgIpc) is 3.42. The van der Waals surface area contributed by atoms with Gasteiger partial charge in [0.1, 0.15) is 11.2 Å². The molecule has 3 atom stereocenters. The summed E-state index contributed by atoms with van der Waals surface area (Å²) in [5, 5.41) is 0.205. The summed E-state index contributed by atoms with van der Waals surface area (Å²) in [6, 6.07) is 0. The van der Waals surface area contributed by atoms with Crippen LogP contribution in [0.25, 0.3) is 0 Å². The van der Waals surface area contributed by atoms with E-state index in [4.69, 9.17) is 18.6 Å². The molecule has 3 spiro atoms. The predicted molar refractivity (Wildman–Crippen MR) is 119 cm³/mol. The Hall–Kier alpha value is -0.533. The summed E-state index contributed by atoms with van der Waals surface area (Å²) in [6.45, 7) is 14.2. The van der Waals surface area contributed by atoms with Gasteiger partial charge in [-0.3, -0.25) is 4.79 Å². The van der Waals surface area contributed by atoms with Crippen molar-refractivity contribution in [2.24, 2.45) is 0 Å². The molecule has 0 saturated carbocycles. The first-order chi connectivity index (χ1) is 14.1. The van der Waals surface area contributed by atoms with E-state index in [0.29, 0.717) is 13.2 Å². The minimum Gasteiger partial charge on any atom is -0.417 e. The van der Waals surface area contributed by atoms with Crippen molar-refractivity contribution in [3.05, 3.63) is 11.6 Å². The second-order valence-electron chi connectivity index (χ2n) is 11.1. The molecule has 0 aromatic carbocycles. The van der Waals surface area contributed by atoms with Crippen LogP contribution in [-0.2, 0) is 23.4 Å². The van der Waals surface area contributed by atoms with E-state index in [-0.39, 0.29) is 10.8 Å². The molecule has 3 saturated heterocycles. The van der Waals surface area contributed by atoms with Gasteiger partial charge in [0.25, 0.3) is 0 Å². The second-order valence-corrected chi connectivity index (χ2v) is 15.9. The van der Waals surface area contributed by atoms with Gasteiger partial charge in [0.05, 0.1) is 0 Å². The van der Waals surface area contributed by atoms with E-state index < -0.39 is 25.1 Å². The van der Waals surface area contributed by atoms with E-state index in [2.05, 4.69) is 33.9 Å². The van der Waals surface area contributed by atoms with Gasteiger partial charge < -0.3 is 18.6 Å². The first-order valence-electron chi connectivity index (χ1n) is 11.9. The normalized spacial score (nSPS) is 37.1. The SMILES string of the molecule is CC(C)(C)[Si](C)(C)OCCCC1=CC(=O)[C@@]2(CCCO2)[C@]2(CCCO2)[C@@]12CCCO2. The van der Waals surface area contributed by atoms with E-state index in [1.165, 1.54) is 0 Å². The molecular weight excluding hydrogens is 396 g/mol. The fourth-order valence-electron chi connectivity index (χ4n) is 5.90. The molecule has 0 aromatic heterocycles. The van der Waals surface area contributed by atoms with Crippen molar-refractivity contribution in [1.29, 1.82) is 0 Å². The smallest absolute Gasteiger partial charge is 0.191 e. The van der Waals surface area contributed by atoms with Crippen LogP contribution in [0.4, 0.5) is 0 Å². The second kappa shape index (κ2) is 7.80. The quantitative estimate of drug-likeness (QED) is 0.451. The maximum Gasteiger partial charge on any atom is 0.191 e. The Morgan fingerprint density at radius 2 is 1.57 bits per heavy atom. The molecule has 4 rings (SSSR count). The monoisotopic (exact) mass is 436 g/mol. The zero-order valence-corrected chi connectivity index (χ0v) is 20.6. The molecule has 3 heterocycles. The molecule has 30 heavy (non-hydrogen) atoms. The lowest BCUT2D eigenvalue weighted by Gasteiger charge is -2.56. The van der Waals surface area contributed by atoms with Crippen LogP contribution in [0.1, 0.15) is 72.1 Å². The highest BCUT2D eigenvalue weighted by Crippen LogP contribution is 2.60. The summed E-state index contributed by atoms with van der Waals surface area (Å²) in [4.78, 5) is 13.5. The van der Waals surface area contributed by atoms with Crippen LogP contribution in [0.2, 0.25) is 18.1 Å². The first kappa shape index (κ1) is 22.7. The fourth-order valence-corrected chi connectivity index (χ4v) is 6.98. The number of hydrogen-bond donors (Lipinski definition) is 0. The summed E-state index contributed by atoms with van der Waals surface area (Å²) in [6.07, 6.45) is 8.99. The lowest BCUT2D eigenvalue weighted by Crippen LogP contribution is -2.72. The van der Waals surface area contributed by atoms with Crippen LogP contribution in [0, 0.1) is 0 Å². The van der Waals surface area contributed by atoms with Crippen LogP contribution >= 0.6 is 0 Å². The molecule has 1 aliphatic carbocycles. The highest BCUT2D eigenvalue weighted by atomic mass is 28.4. The lowest BCUT2D eigenvalue weighted by molar-refractivity contribution is -0.240. The summed E-state index contributed by atoms with van der Waals surface area (Å²) in [7, 11) is -1.77. The van der Waals surface area contributed by atoms with Gasteiger partial charge in [0.15, 0.2) is 19.7 Å². The standard InChI is InChI=1S/C24H40O5Si/c1-21(2,3)30(4,5)29-17-6-10-19-18-20(25)23(12-8-15-27-23)24(13-9-16-28-24)22(19)11-7-14-26-22/h18H,6-17H2,1-5H3/t22-,23+,24+/m1/s1. The highest BCUT2D eigenvalue weighted by Gasteiger charge is 2.73. The first-order valence-corrected chi connectivity index (χ1v) is 14.8. The molecule has 170 valence electrons. The van der Waals surface area contributed by atoms with Gasteiger partial charge in [-0.2, -0.15) is 0 Å². The van der Waals surface area contributed by atoms with Crippen LogP contribution in [0.5, 0.6) is 0 Å². The minimum atomic E-state index is -1.77. The van der Waals surface area contributed by atoms with Crippen molar-refractivity contribution in [2.45, 2.75) is 107 Å². The van der Waals surface area contributed by atoms with Gasteiger partial charge in [0, 0.05) is 26.4 Å². The predicted octanol–water partition coefficient (Wildman–Crippen LogP) is 4.95. The molecule has 3 fully saturated rings. The number of hydrogen-bond acceptors (Lipinski definition) is 5. The Kier molecular flexibility index (Phi) is 5.89. The molecule has 0 radical (unpaired) electrons. The molecule has 0 bridgehead atoms. The Balaban J connectivity index is 1.58. The number of rotatable bonds is 5. The Bertz CT molecular complexity index is 687. The molecule has 6 heteroatoms. The van der Waals surface area contributed by atoms with Crippen molar-refractivity contribution in [1.82, 2.24) is 0 Å². The van der Waals surface area contributed by atoms with E-state index in [1.54, 1.807) is 0 Å². The number of ether oxygens (including phenoxy) is 3. The minimum absolute atomic E-state index is 0.100. The molecule has 4 aliphatic rings. The van der Waals surface area contributed by atoms with Gasteiger partial charge in [-0.15, -0.1) is 0 Å². The van der Waals surface area contributed by atoms with Gasteiger partial charge in [-0.1, -0.05) is 20.8 Å². The Morgan fingerprint density at radius 1 is 0.967 bits per heavy atom. The van der Waals surface area contributed by atoms with Crippen LogP contribution < -0.4 is 0 Å². The molecule has 0 N–H and O–H groups in total. The maximum absolute atomic E-state index is 13.5. The number of fused-ring (bicyclic) bond motifs is 2. The zero-order chi connectivity index (χ0) is 21.7. The third-order valence-corrected chi connectivity index (χ3v) is 13.0. The summed E-state index contributed by atoms with van der Waals surface area (Å²) in [5.74, 6) is 0.100. The highest BCUT2D eigenvalue weighted by molar-refractivity contribution is 6.74. The fraction of sp³-hybridized carbons (Fsp3) is 0.875. The third-order valence-electron chi connectivity index (χ3n) is 8.45. The van der Waals surface area contributed by atoms with Gasteiger partial charge in [-0.25, -0.2) is 0 Å². The Morgan fingerprint density at radius 3 is 2.10 bits per heavy atom. The van der Waals surface area contributed by atoms with E-state index in [1.807, 2.05) is 6.08 Å². The van der Waals surface area contributed by atoms with E-state index in [0.717, 1.165) is 70.2 Å². The molecule has 5 nitrogen and oxygen atoms in total. The molecule has 0 unspecified atom stereocenters. The average molecular weight is 437 g/mol. The van der Waals surface area contributed by atoms with Crippen molar-refractivity contribution in [2.75, 3.05) is 26.4 Å². The molecule has 0 amide bonds. The number of carbonyl (C=O) groups is 1. The van der Waals surface area contributed by atoms with Crippen molar-refractivity contribution in [3.63, 3.8) is 0 Å². The topological polar surface area (TPSA) is 54.0 Å². The van der Waals surface area contributed by atoms with Crippen LogP contribution in [0.3, 0.4) is 0 Å². The summed E-state index contributed by atoms with van der Waals surface area (Å²) in [5.41, 5.74) is -0.908. The molecule has 3 aliphatic heterocycles. The van der Waals surface area contributed by atoms with E-state index >= 15 is 0 Å². The largest absolute Gasteiger partial charge is 0.417 e. The van der Waals surface area contributed by atoms with Gasteiger partial charge in [-0.05, 0) is 81.1 Å². The Labute approximate surface area is 183 Å². The number of ketones is 1. The number of carbonyl (C=O) groups excluding carboxylic acids is 1.